The molecular formula is C16H21. The van der Waals surface area contributed by atoms with E-state index in [-0.39, 0.29) is 0 Å². The van der Waals surface area contributed by atoms with Gasteiger partial charge in [0.2, 0.25) is 0 Å². The van der Waals surface area contributed by atoms with Crippen LogP contribution in [0.5, 0.6) is 0 Å². The van der Waals surface area contributed by atoms with Crippen molar-refractivity contribution >= 4 is 5.57 Å². The average molecular weight is 213 g/mol. The van der Waals surface area contributed by atoms with Crippen LogP contribution in [0.3, 0.4) is 0 Å². The highest BCUT2D eigenvalue weighted by Gasteiger charge is 2.26. The van der Waals surface area contributed by atoms with E-state index in [4.69, 9.17) is 0 Å². The van der Waals surface area contributed by atoms with Gasteiger partial charge in [-0.05, 0) is 47.8 Å². The zero-order chi connectivity index (χ0) is 11.6. The van der Waals surface area contributed by atoms with Gasteiger partial charge in [0.05, 0.1) is 0 Å². The smallest absolute Gasteiger partial charge is 0.0103 e. The first-order valence-electron chi connectivity index (χ1n) is 6.23. The molecule has 0 saturated heterocycles. The van der Waals surface area contributed by atoms with E-state index in [1.54, 1.807) is 0 Å². The number of benzene rings is 1. The van der Waals surface area contributed by atoms with Crippen LogP contribution in [0.2, 0.25) is 0 Å². The van der Waals surface area contributed by atoms with E-state index < -0.39 is 0 Å². The molecule has 0 N–H and O–H groups in total. The van der Waals surface area contributed by atoms with Crippen LogP contribution in [0.25, 0.3) is 5.57 Å². The maximum atomic E-state index is 3.32. The molecule has 0 aromatic heterocycles. The van der Waals surface area contributed by atoms with Crippen LogP contribution >= 0.6 is 0 Å². The van der Waals surface area contributed by atoms with Gasteiger partial charge in [0.1, 0.15) is 0 Å². The highest BCUT2D eigenvalue weighted by molar-refractivity contribution is 5.65. The van der Waals surface area contributed by atoms with Crippen molar-refractivity contribution in [3.8, 4) is 0 Å². The highest BCUT2D eigenvalue weighted by Crippen LogP contribution is 2.39. The van der Waals surface area contributed by atoms with Crippen molar-refractivity contribution in [3.63, 3.8) is 0 Å². The van der Waals surface area contributed by atoms with Crippen LogP contribution in [0.15, 0.2) is 30.3 Å². The minimum atomic E-state index is 0.447. The van der Waals surface area contributed by atoms with Gasteiger partial charge in [-0.25, -0.2) is 0 Å². The van der Waals surface area contributed by atoms with Crippen LogP contribution in [-0.4, -0.2) is 0 Å². The zero-order valence-electron chi connectivity index (χ0n) is 10.6. The monoisotopic (exact) mass is 213 g/mol. The number of hydrogen-bond donors (Lipinski definition) is 0. The topological polar surface area (TPSA) is 0 Å². The molecule has 0 nitrogen and oxygen atoms in total. The Bertz CT molecular complexity index is 365. The summed E-state index contributed by atoms with van der Waals surface area (Å²) in [5.74, 6) is 0.833. The summed E-state index contributed by atoms with van der Waals surface area (Å²) in [6.07, 6.45) is 6.17. The molecule has 1 radical (unpaired) electrons. The van der Waals surface area contributed by atoms with Crippen molar-refractivity contribution in [2.24, 2.45) is 11.3 Å². The minimum absolute atomic E-state index is 0.447. The first kappa shape index (κ1) is 11.4. The molecule has 16 heavy (non-hydrogen) atoms. The van der Waals surface area contributed by atoms with Gasteiger partial charge in [-0.2, -0.15) is 0 Å². The second-order valence-electron chi connectivity index (χ2n) is 5.84. The van der Waals surface area contributed by atoms with Crippen LogP contribution < -0.4 is 0 Å². The molecule has 1 aliphatic rings. The fourth-order valence-corrected chi connectivity index (χ4v) is 2.46. The summed E-state index contributed by atoms with van der Waals surface area (Å²) < 4.78 is 0. The summed E-state index contributed by atoms with van der Waals surface area (Å²) in [5, 5.41) is 0. The van der Waals surface area contributed by atoms with Crippen molar-refractivity contribution in [3.05, 3.63) is 42.0 Å². The van der Waals surface area contributed by atoms with Crippen molar-refractivity contribution in [2.45, 2.75) is 40.0 Å². The lowest BCUT2D eigenvalue weighted by Crippen LogP contribution is -2.21. The highest BCUT2D eigenvalue weighted by atomic mass is 14.3. The number of rotatable bonds is 1. The molecule has 0 aliphatic heterocycles. The summed E-state index contributed by atoms with van der Waals surface area (Å²) in [6.45, 7) is 7.06. The van der Waals surface area contributed by atoms with Crippen molar-refractivity contribution < 1.29 is 0 Å². The van der Waals surface area contributed by atoms with Crippen LogP contribution in [0.4, 0.5) is 0 Å². The van der Waals surface area contributed by atoms with Crippen LogP contribution in [0, 0.1) is 17.4 Å². The van der Waals surface area contributed by atoms with E-state index >= 15 is 0 Å². The second kappa shape index (κ2) is 4.45. The molecule has 0 heterocycles. The molecule has 0 unspecified atom stereocenters. The second-order valence-corrected chi connectivity index (χ2v) is 5.84. The first-order valence-corrected chi connectivity index (χ1v) is 6.23. The van der Waals surface area contributed by atoms with E-state index in [0.29, 0.717) is 5.41 Å². The summed E-state index contributed by atoms with van der Waals surface area (Å²) >= 11 is 0. The fraction of sp³-hybridized carbons (Fsp3) is 0.500. The molecule has 1 aromatic carbocycles. The maximum absolute atomic E-state index is 3.32. The average Bonchev–Trinajstić information content (AvgIpc) is 2.29. The molecule has 0 amide bonds. The lowest BCUT2D eigenvalue weighted by atomic mass is 9.72. The molecule has 0 bridgehead atoms. The molecule has 0 heteroatoms. The van der Waals surface area contributed by atoms with Crippen molar-refractivity contribution in [2.75, 3.05) is 0 Å². The Hall–Kier alpha value is -1.04. The molecule has 1 atom stereocenters. The number of hydrogen-bond acceptors (Lipinski definition) is 0. The Morgan fingerprint density at radius 3 is 2.56 bits per heavy atom. The predicted octanol–water partition coefficient (Wildman–Crippen LogP) is 4.72. The van der Waals surface area contributed by atoms with Gasteiger partial charge in [0.15, 0.2) is 0 Å². The zero-order valence-corrected chi connectivity index (χ0v) is 10.6. The molecule has 0 saturated carbocycles. The van der Waals surface area contributed by atoms with Gasteiger partial charge in [-0.1, -0.05) is 51.1 Å². The predicted molar refractivity (Wildman–Crippen MR) is 70.1 cm³/mol. The lowest BCUT2D eigenvalue weighted by molar-refractivity contribution is 0.225. The van der Waals surface area contributed by atoms with Crippen molar-refractivity contribution in [1.82, 2.24) is 0 Å². The van der Waals surface area contributed by atoms with E-state index in [1.807, 2.05) is 12.1 Å². The Kier molecular flexibility index (Phi) is 3.18. The van der Waals surface area contributed by atoms with Gasteiger partial charge in [-0.3, -0.25) is 0 Å². The Balaban J connectivity index is 2.10. The van der Waals surface area contributed by atoms with Crippen LogP contribution in [0.1, 0.15) is 45.6 Å². The van der Waals surface area contributed by atoms with E-state index in [0.717, 1.165) is 5.92 Å². The molecule has 2 rings (SSSR count). The summed E-state index contributed by atoms with van der Waals surface area (Å²) in [7, 11) is 0. The van der Waals surface area contributed by atoms with E-state index in [2.05, 4.69) is 45.0 Å². The summed E-state index contributed by atoms with van der Waals surface area (Å²) in [6, 6.07) is 11.6. The van der Waals surface area contributed by atoms with Crippen molar-refractivity contribution in [1.29, 1.82) is 0 Å². The van der Waals surface area contributed by atoms with Gasteiger partial charge >= 0.3 is 0 Å². The molecule has 85 valence electrons. The molecule has 0 spiro atoms. The standard InChI is InChI=1S/C16H21/c1-16(2,3)15-11-9-14(10-12-15)13-7-5-4-6-8-13/h4-7,9,15H,10-12H2,1-3H3/t15-/m1/s1. The largest absolute Gasteiger partial charge is 0.0804 e. The third-order valence-corrected chi connectivity index (χ3v) is 3.69. The van der Waals surface area contributed by atoms with E-state index in [9.17, 15) is 0 Å². The SMILES string of the molecule is CC(C)(C)[C@@H]1CC=C(c2[c]cccc2)CC1. The van der Waals surface area contributed by atoms with Gasteiger partial charge in [-0.15, -0.1) is 0 Å². The minimum Gasteiger partial charge on any atom is -0.0804 e. The maximum Gasteiger partial charge on any atom is -0.0103 e. The van der Waals surface area contributed by atoms with Crippen LogP contribution in [-0.2, 0) is 0 Å². The Morgan fingerprint density at radius 1 is 1.25 bits per heavy atom. The molecule has 1 aromatic rings. The van der Waals surface area contributed by atoms with Gasteiger partial charge in [0.25, 0.3) is 0 Å². The Labute approximate surface area is 99.4 Å². The third kappa shape index (κ3) is 2.55. The fourth-order valence-electron chi connectivity index (χ4n) is 2.46. The summed E-state index contributed by atoms with van der Waals surface area (Å²) in [4.78, 5) is 0. The number of allylic oxidation sites excluding steroid dienone is 2. The summed E-state index contributed by atoms with van der Waals surface area (Å²) in [5.41, 5.74) is 3.22. The molecular weight excluding hydrogens is 192 g/mol. The normalized spacial score (nSPS) is 21.7. The molecule has 0 fully saturated rings. The first-order chi connectivity index (χ1) is 7.57. The van der Waals surface area contributed by atoms with E-state index in [1.165, 1.54) is 30.4 Å². The third-order valence-electron chi connectivity index (χ3n) is 3.69. The quantitative estimate of drug-likeness (QED) is 0.633. The van der Waals surface area contributed by atoms with Gasteiger partial charge in [0, 0.05) is 0 Å². The molecule has 1 aliphatic carbocycles. The Morgan fingerprint density at radius 2 is 2.06 bits per heavy atom. The lowest BCUT2D eigenvalue weighted by Gasteiger charge is -2.33. The van der Waals surface area contributed by atoms with Gasteiger partial charge < -0.3 is 0 Å².